The van der Waals surface area contributed by atoms with Gasteiger partial charge < -0.3 is 5.73 Å². The van der Waals surface area contributed by atoms with Crippen molar-refractivity contribution in [2.45, 2.75) is 12.5 Å². The third-order valence-electron chi connectivity index (χ3n) is 1.24. The van der Waals surface area contributed by atoms with E-state index in [4.69, 9.17) is 5.73 Å². The average molecular weight is 177 g/mol. The predicted octanol–water partition coefficient (Wildman–Crippen LogP) is 2.17. The molecule has 1 unspecified atom stereocenters. The molecule has 0 saturated heterocycles. The highest BCUT2D eigenvalue weighted by atomic mass is 19.3. The summed E-state index contributed by atoms with van der Waals surface area (Å²) in [5, 5.41) is 0. The lowest BCUT2D eigenvalue weighted by Gasteiger charge is -2.11. The minimum Gasteiger partial charge on any atom is -0.319 e. The van der Waals surface area contributed by atoms with Gasteiger partial charge in [-0.3, -0.25) is 0 Å². The van der Waals surface area contributed by atoms with Crippen LogP contribution in [0.2, 0.25) is 0 Å². The van der Waals surface area contributed by atoms with Crippen molar-refractivity contribution in [1.29, 1.82) is 0 Å². The van der Waals surface area contributed by atoms with E-state index in [1.807, 2.05) is 0 Å². The van der Waals surface area contributed by atoms with E-state index in [-0.39, 0.29) is 5.57 Å². The molecule has 0 amide bonds. The molecule has 0 rings (SSSR count). The zero-order chi connectivity index (χ0) is 9.72. The normalized spacial score (nSPS) is 14.6. The van der Waals surface area contributed by atoms with E-state index in [9.17, 15) is 13.2 Å². The number of hydrogen-bond donors (Lipinski definition) is 1. The maximum Gasteiger partial charge on any atom is 0.257 e. The fourth-order valence-corrected chi connectivity index (χ4v) is 0.645. The standard InChI is InChI=1S/C8H10F3N/c1-3-4-6(5(2)9)7(12)8(10)11/h3-4,7-8H,1-2,12H2/b6-4+. The second kappa shape index (κ2) is 4.77. The molecule has 0 aliphatic heterocycles. The molecule has 0 spiro atoms. The summed E-state index contributed by atoms with van der Waals surface area (Å²) in [4.78, 5) is 0. The molecule has 4 heteroatoms. The Morgan fingerprint density at radius 2 is 1.92 bits per heavy atom. The Hall–Kier alpha value is -1.03. The Labute approximate surface area is 69.1 Å². The molecular formula is C8H10F3N. The molecule has 0 aliphatic rings. The fourth-order valence-electron chi connectivity index (χ4n) is 0.645. The molecular weight excluding hydrogens is 167 g/mol. The fraction of sp³-hybridized carbons (Fsp3) is 0.250. The van der Waals surface area contributed by atoms with E-state index in [0.717, 1.165) is 6.08 Å². The van der Waals surface area contributed by atoms with Crippen molar-refractivity contribution in [1.82, 2.24) is 0 Å². The number of rotatable bonds is 4. The second-order valence-electron chi connectivity index (χ2n) is 2.12. The summed E-state index contributed by atoms with van der Waals surface area (Å²) in [6, 6.07) is -1.64. The summed E-state index contributed by atoms with van der Waals surface area (Å²) in [7, 11) is 0. The van der Waals surface area contributed by atoms with Crippen molar-refractivity contribution in [2.24, 2.45) is 5.73 Å². The van der Waals surface area contributed by atoms with Crippen molar-refractivity contribution < 1.29 is 13.2 Å². The van der Waals surface area contributed by atoms with Gasteiger partial charge >= 0.3 is 0 Å². The summed E-state index contributed by atoms with van der Waals surface area (Å²) in [5.74, 6) is -0.956. The Balaban J connectivity index is 4.63. The van der Waals surface area contributed by atoms with Gasteiger partial charge in [0, 0.05) is 5.57 Å². The van der Waals surface area contributed by atoms with Crippen LogP contribution in [-0.2, 0) is 0 Å². The predicted molar refractivity (Wildman–Crippen MR) is 42.5 cm³/mol. The minimum atomic E-state index is -2.80. The molecule has 0 heterocycles. The Morgan fingerprint density at radius 3 is 2.17 bits per heavy atom. The maximum atomic E-state index is 12.4. The monoisotopic (exact) mass is 177 g/mol. The van der Waals surface area contributed by atoms with Crippen molar-refractivity contribution >= 4 is 0 Å². The number of halogens is 3. The summed E-state index contributed by atoms with van der Waals surface area (Å²) in [6.45, 7) is 6.12. The summed E-state index contributed by atoms with van der Waals surface area (Å²) >= 11 is 0. The summed E-state index contributed by atoms with van der Waals surface area (Å²) < 4.78 is 36.3. The first-order valence-electron chi connectivity index (χ1n) is 3.21. The van der Waals surface area contributed by atoms with Crippen LogP contribution in [-0.4, -0.2) is 12.5 Å². The summed E-state index contributed by atoms with van der Waals surface area (Å²) in [6.07, 6.45) is -0.537. The molecule has 0 aromatic heterocycles. The Bertz CT molecular complexity index is 208. The molecule has 12 heavy (non-hydrogen) atoms. The number of alkyl halides is 2. The lowest BCUT2D eigenvalue weighted by molar-refractivity contribution is 0.129. The Morgan fingerprint density at radius 1 is 1.42 bits per heavy atom. The van der Waals surface area contributed by atoms with Crippen LogP contribution in [0.15, 0.2) is 36.7 Å². The van der Waals surface area contributed by atoms with E-state index in [0.29, 0.717) is 0 Å². The molecule has 0 fully saturated rings. The van der Waals surface area contributed by atoms with Crippen LogP contribution in [0.3, 0.4) is 0 Å². The van der Waals surface area contributed by atoms with Gasteiger partial charge in [0.2, 0.25) is 0 Å². The molecule has 1 atom stereocenters. The number of allylic oxidation sites excluding steroid dienone is 2. The van der Waals surface area contributed by atoms with E-state index >= 15 is 0 Å². The molecule has 0 aromatic carbocycles. The van der Waals surface area contributed by atoms with E-state index in [2.05, 4.69) is 13.2 Å². The van der Waals surface area contributed by atoms with Crippen LogP contribution in [0.25, 0.3) is 0 Å². The van der Waals surface area contributed by atoms with Crippen LogP contribution in [0.5, 0.6) is 0 Å². The van der Waals surface area contributed by atoms with Crippen LogP contribution >= 0.6 is 0 Å². The lowest BCUT2D eigenvalue weighted by atomic mass is 10.1. The van der Waals surface area contributed by atoms with Gasteiger partial charge in [0.05, 0.1) is 6.04 Å². The first-order chi connectivity index (χ1) is 5.50. The molecule has 0 aliphatic carbocycles. The highest BCUT2D eigenvalue weighted by Gasteiger charge is 2.21. The van der Waals surface area contributed by atoms with Gasteiger partial charge in [0.1, 0.15) is 5.83 Å². The molecule has 1 nitrogen and oxygen atoms in total. The highest BCUT2D eigenvalue weighted by Crippen LogP contribution is 2.17. The molecule has 0 radical (unpaired) electrons. The maximum absolute atomic E-state index is 12.4. The highest BCUT2D eigenvalue weighted by molar-refractivity contribution is 5.31. The van der Waals surface area contributed by atoms with Crippen LogP contribution < -0.4 is 5.73 Å². The molecule has 0 bridgehead atoms. The van der Waals surface area contributed by atoms with Crippen molar-refractivity contribution in [2.75, 3.05) is 0 Å². The van der Waals surface area contributed by atoms with Crippen LogP contribution in [0, 0.1) is 0 Å². The third kappa shape index (κ3) is 2.92. The van der Waals surface area contributed by atoms with Gasteiger partial charge in [-0.2, -0.15) is 0 Å². The van der Waals surface area contributed by atoms with E-state index < -0.39 is 18.3 Å². The largest absolute Gasteiger partial charge is 0.319 e. The summed E-state index contributed by atoms with van der Waals surface area (Å²) in [5.41, 5.74) is 4.66. The first kappa shape index (κ1) is 11.0. The topological polar surface area (TPSA) is 26.0 Å². The average Bonchev–Trinajstić information content (AvgIpc) is 1.98. The number of hydrogen-bond acceptors (Lipinski definition) is 1. The van der Waals surface area contributed by atoms with Gasteiger partial charge in [-0.15, -0.1) is 0 Å². The molecule has 0 aromatic rings. The molecule has 0 saturated carbocycles. The minimum absolute atomic E-state index is 0.319. The smallest absolute Gasteiger partial charge is 0.257 e. The van der Waals surface area contributed by atoms with Gasteiger partial charge in [-0.05, 0) is 0 Å². The second-order valence-corrected chi connectivity index (χ2v) is 2.12. The van der Waals surface area contributed by atoms with Crippen molar-refractivity contribution in [3.05, 3.63) is 36.7 Å². The van der Waals surface area contributed by atoms with E-state index in [1.54, 1.807) is 0 Å². The molecule has 68 valence electrons. The third-order valence-corrected chi connectivity index (χ3v) is 1.24. The van der Waals surface area contributed by atoms with Crippen LogP contribution in [0.4, 0.5) is 13.2 Å². The van der Waals surface area contributed by atoms with Gasteiger partial charge in [-0.25, -0.2) is 13.2 Å². The quantitative estimate of drug-likeness (QED) is 0.654. The van der Waals surface area contributed by atoms with Crippen LogP contribution in [0.1, 0.15) is 0 Å². The van der Waals surface area contributed by atoms with Crippen molar-refractivity contribution in [3.63, 3.8) is 0 Å². The van der Waals surface area contributed by atoms with Gasteiger partial charge in [-0.1, -0.05) is 25.3 Å². The zero-order valence-electron chi connectivity index (χ0n) is 6.43. The lowest BCUT2D eigenvalue weighted by Crippen LogP contribution is -2.31. The molecule has 2 N–H and O–H groups in total. The van der Waals surface area contributed by atoms with Gasteiger partial charge in [0.15, 0.2) is 0 Å². The van der Waals surface area contributed by atoms with Crippen molar-refractivity contribution in [3.8, 4) is 0 Å². The zero-order valence-corrected chi connectivity index (χ0v) is 6.43. The van der Waals surface area contributed by atoms with E-state index in [1.165, 1.54) is 6.08 Å². The Kier molecular flexibility index (Phi) is 4.36. The SMILES string of the molecule is C=C/C=C(\C(=C)F)C(N)C(F)F. The first-order valence-corrected chi connectivity index (χ1v) is 3.21. The number of nitrogens with two attached hydrogens (primary N) is 1. The van der Waals surface area contributed by atoms with Gasteiger partial charge in [0.25, 0.3) is 6.43 Å².